The van der Waals surface area contributed by atoms with Gasteiger partial charge in [-0.15, -0.1) is 10.2 Å². The van der Waals surface area contributed by atoms with Crippen molar-refractivity contribution in [1.82, 2.24) is 10.2 Å². The van der Waals surface area contributed by atoms with E-state index in [1.807, 2.05) is 49.4 Å². The summed E-state index contributed by atoms with van der Waals surface area (Å²) in [7, 11) is 0. The third-order valence-corrected chi connectivity index (χ3v) is 5.09. The standard InChI is InChI=1S/C21H23N3OS/c1-14(2)13-24(20(25)17-11-9-15(3)10-12-17)21-23-22-19(26-21)18-8-6-5-7-16(18)4/h5-12,14H,13H2,1-4H3. The Labute approximate surface area is 158 Å². The maximum absolute atomic E-state index is 13.1. The first-order valence-electron chi connectivity index (χ1n) is 8.73. The Morgan fingerprint density at radius 3 is 2.38 bits per heavy atom. The number of benzene rings is 2. The summed E-state index contributed by atoms with van der Waals surface area (Å²) >= 11 is 1.46. The van der Waals surface area contributed by atoms with Gasteiger partial charge in [0.15, 0.2) is 0 Å². The summed E-state index contributed by atoms with van der Waals surface area (Å²) in [6.07, 6.45) is 0. The van der Waals surface area contributed by atoms with Gasteiger partial charge >= 0.3 is 0 Å². The Hall–Kier alpha value is -2.53. The fourth-order valence-corrected chi connectivity index (χ4v) is 3.65. The second kappa shape index (κ2) is 7.79. The van der Waals surface area contributed by atoms with Crippen molar-refractivity contribution in [2.45, 2.75) is 27.7 Å². The van der Waals surface area contributed by atoms with E-state index in [4.69, 9.17) is 0 Å². The molecule has 0 aliphatic rings. The molecule has 0 aliphatic heterocycles. The lowest BCUT2D eigenvalue weighted by Gasteiger charge is -2.21. The molecule has 1 aromatic heterocycles. The van der Waals surface area contributed by atoms with Crippen LogP contribution in [0.2, 0.25) is 0 Å². The molecular formula is C21H23N3OS. The fraction of sp³-hybridized carbons (Fsp3) is 0.286. The van der Waals surface area contributed by atoms with Crippen molar-refractivity contribution in [3.63, 3.8) is 0 Å². The van der Waals surface area contributed by atoms with Crippen LogP contribution in [0.5, 0.6) is 0 Å². The molecule has 5 heteroatoms. The number of hydrogen-bond donors (Lipinski definition) is 0. The normalized spacial score (nSPS) is 11.0. The number of aryl methyl sites for hydroxylation is 2. The lowest BCUT2D eigenvalue weighted by atomic mass is 10.1. The first-order chi connectivity index (χ1) is 12.5. The molecular weight excluding hydrogens is 342 g/mol. The minimum absolute atomic E-state index is 0.0359. The predicted molar refractivity (Wildman–Crippen MR) is 108 cm³/mol. The van der Waals surface area contributed by atoms with Crippen LogP contribution in [0.15, 0.2) is 48.5 Å². The molecule has 1 heterocycles. The summed E-state index contributed by atoms with van der Waals surface area (Å²) in [6, 6.07) is 15.7. The fourth-order valence-electron chi connectivity index (χ4n) is 2.71. The van der Waals surface area contributed by atoms with Gasteiger partial charge < -0.3 is 0 Å². The summed E-state index contributed by atoms with van der Waals surface area (Å²) < 4.78 is 0. The van der Waals surface area contributed by atoms with Gasteiger partial charge in [-0.2, -0.15) is 0 Å². The van der Waals surface area contributed by atoms with Gasteiger partial charge in [-0.3, -0.25) is 9.69 Å². The van der Waals surface area contributed by atoms with Gasteiger partial charge in [0, 0.05) is 17.7 Å². The van der Waals surface area contributed by atoms with Crippen LogP contribution in [0.25, 0.3) is 10.6 Å². The van der Waals surface area contributed by atoms with E-state index in [1.54, 1.807) is 4.90 Å². The van der Waals surface area contributed by atoms with Gasteiger partial charge in [0.25, 0.3) is 5.91 Å². The number of nitrogens with zero attached hydrogens (tertiary/aromatic N) is 3. The number of amides is 1. The van der Waals surface area contributed by atoms with Crippen molar-refractivity contribution in [2.75, 3.05) is 11.4 Å². The zero-order chi connectivity index (χ0) is 18.7. The molecule has 0 N–H and O–H groups in total. The average Bonchev–Trinajstić information content (AvgIpc) is 3.09. The van der Waals surface area contributed by atoms with Gasteiger partial charge in [0.2, 0.25) is 5.13 Å². The van der Waals surface area contributed by atoms with Crippen LogP contribution in [0.1, 0.15) is 35.3 Å². The number of hydrogen-bond acceptors (Lipinski definition) is 4. The van der Waals surface area contributed by atoms with Crippen molar-refractivity contribution in [1.29, 1.82) is 0 Å². The number of carbonyl (C=O) groups excluding carboxylic acids is 1. The van der Waals surface area contributed by atoms with Crippen LogP contribution in [0.3, 0.4) is 0 Å². The summed E-state index contributed by atoms with van der Waals surface area (Å²) in [5.41, 5.74) is 4.01. The molecule has 134 valence electrons. The summed E-state index contributed by atoms with van der Waals surface area (Å²) in [5.74, 6) is 0.293. The van der Waals surface area contributed by atoms with E-state index in [0.29, 0.717) is 23.2 Å². The third kappa shape index (κ3) is 3.99. The van der Waals surface area contributed by atoms with Crippen molar-refractivity contribution >= 4 is 22.4 Å². The van der Waals surface area contributed by atoms with Gasteiger partial charge in [-0.1, -0.05) is 67.1 Å². The Kier molecular flexibility index (Phi) is 5.47. The smallest absolute Gasteiger partial charge is 0.260 e. The van der Waals surface area contributed by atoms with Crippen LogP contribution < -0.4 is 4.90 Å². The quantitative estimate of drug-likeness (QED) is 0.630. The molecule has 1 amide bonds. The van der Waals surface area contributed by atoms with Crippen molar-refractivity contribution < 1.29 is 4.79 Å². The number of rotatable bonds is 5. The molecule has 0 aliphatic carbocycles. The van der Waals surface area contributed by atoms with E-state index >= 15 is 0 Å². The summed E-state index contributed by atoms with van der Waals surface area (Å²) in [6.45, 7) is 8.87. The average molecular weight is 366 g/mol. The minimum Gasteiger partial charge on any atom is -0.282 e. The van der Waals surface area contributed by atoms with Crippen molar-refractivity contribution in [2.24, 2.45) is 5.92 Å². The third-order valence-electron chi connectivity index (χ3n) is 4.11. The lowest BCUT2D eigenvalue weighted by Crippen LogP contribution is -2.34. The monoisotopic (exact) mass is 365 g/mol. The Bertz CT molecular complexity index is 900. The Morgan fingerprint density at radius 1 is 1.04 bits per heavy atom. The Balaban J connectivity index is 1.95. The van der Waals surface area contributed by atoms with Crippen LogP contribution in [0.4, 0.5) is 5.13 Å². The van der Waals surface area contributed by atoms with Gasteiger partial charge in [-0.25, -0.2) is 0 Å². The molecule has 2 aromatic carbocycles. The second-order valence-corrected chi connectivity index (χ2v) is 7.84. The largest absolute Gasteiger partial charge is 0.282 e. The number of anilines is 1. The SMILES string of the molecule is Cc1ccc(C(=O)N(CC(C)C)c2nnc(-c3ccccc3C)s2)cc1. The molecule has 0 fully saturated rings. The van der Waals surface area contributed by atoms with E-state index in [2.05, 4.69) is 37.0 Å². The summed E-state index contributed by atoms with van der Waals surface area (Å²) in [5, 5.41) is 10.1. The van der Waals surface area contributed by atoms with E-state index in [9.17, 15) is 4.79 Å². The lowest BCUT2D eigenvalue weighted by molar-refractivity contribution is 0.0983. The Morgan fingerprint density at radius 2 is 1.73 bits per heavy atom. The minimum atomic E-state index is -0.0359. The molecule has 0 atom stereocenters. The maximum atomic E-state index is 13.1. The van der Waals surface area contributed by atoms with E-state index in [1.165, 1.54) is 11.3 Å². The van der Waals surface area contributed by atoms with Crippen LogP contribution in [-0.4, -0.2) is 22.6 Å². The van der Waals surface area contributed by atoms with Crippen LogP contribution >= 0.6 is 11.3 Å². The maximum Gasteiger partial charge on any atom is 0.260 e. The molecule has 0 spiro atoms. The summed E-state index contributed by atoms with van der Waals surface area (Å²) in [4.78, 5) is 14.8. The zero-order valence-corrected chi connectivity index (χ0v) is 16.4. The van der Waals surface area contributed by atoms with Crippen molar-refractivity contribution in [3.8, 4) is 10.6 Å². The molecule has 0 radical (unpaired) electrons. The van der Waals surface area contributed by atoms with Gasteiger partial charge in [0.05, 0.1) is 0 Å². The number of carbonyl (C=O) groups is 1. The highest BCUT2D eigenvalue weighted by Crippen LogP contribution is 2.31. The van der Waals surface area contributed by atoms with Gasteiger partial charge in [-0.05, 0) is 37.5 Å². The number of aromatic nitrogens is 2. The van der Waals surface area contributed by atoms with Crippen LogP contribution in [0, 0.1) is 19.8 Å². The molecule has 0 saturated carbocycles. The first kappa shape index (κ1) is 18.3. The first-order valence-corrected chi connectivity index (χ1v) is 9.55. The zero-order valence-electron chi connectivity index (χ0n) is 15.6. The van der Waals surface area contributed by atoms with Gasteiger partial charge in [0.1, 0.15) is 5.01 Å². The molecule has 3 aromatic rings. The highest BCUT2D eigenvalue weighted by molar-refractivity contribution is 7.18. The molecule has 26 heavy (non-hydrogen) atoms. The molecule has 0 unspecified atom stereocenters. The predicted octanol–water partition coefficient (Wildman–Crippen LogP) is 5.12. The highest BCUT2D eigenvalue weighted by atomic mass is 32.1. The van der Waals surface area contributed by atoms with Crippen molar-refractivity contribution in [3.05, 3.63) is 65.2 Å². The topological polar surface area (TPSA) is 46.1 Å². The molecule has 0 saturated heterocycles. The molecule has 4 nitrogen and oxygen atoms in total. The van der Waals surface area contributed by atoms with E-state index in [-0.39, 0.29) is 5.91 Å². The molecule has 0 bridgehead atoms. The van der Waals surface area contributed by atoms with Crippen LogP contribution in [-0.2, 0) is 0 Å². The molecule has 3 rings (SSSR count). The van der Waals surface area contributed by atoms with E-state index < -0.39 is 0 Å². The van der Waals surface area contributed by atoms with E-state index in [0.717, 1.165) is 21.7 Å². The second-order valence-electron chi connectivity index (χ2n) is 6.88. The highest BCUT2D eigenvalue weighted by Gasteiger charge is 2.23.